The van der Waals surface area contributed by atoms with Gasteiger partial charge in [-0.1, -0.05) is 30.3 Å². The number of hydrogen-bond donors (Lipinski definition) is 2. The molecule has 0 saturated carbocycles. The first-order chi connectivity index (χ1) is 7.39. The molecule has 0 bridgehead atoms. The van der Waals surface area contributed by atoms with Crippen LogP contribution in [0.4, 0.5) is 4.79 Å². The SMILES string of the molecule is C[C@]1(c2ccccc2)OC(=O)N(N)[C@@]1(C)O. The lowest BCUT2D eigenvalue weighted by Gasteiger charge is -2.35. The predicted octanol–water partition coefficient (Wildman–Crippen LogP) is 0.936. The number of carbonyl (C=O) groups excluding carboxylic acids is 1. The van der Waals surface area contributed by atoms with Crippen LogP contribution in [-0.2, 0) is 10.3 Å². The molecular weight excluding hydrogens is 208 g/mol. The molecule has 1 aliphatic rings. The van der Waals surface area contributed by atoms with Gasteiger partial charge in [0, 0.05) is 5.56 Å². The average Bonchev–Trinajstić information content (AvgIpc) is 2.42. The number of hydrazine groups is 1. The van der Waals surface area contributed by atoms with Crippen molar-refractivity contribution in [3.63, 3.8) is 0 Å². The van der Waals surface area contributed by atoms with E-state index in [1.54, 1.807) is 19.1 Å². The highest BCUT2D eigenvalue weighted by atomic mass is 16.6. The van der Waals surface area contributed by atoms with E-state index in [0.29, 0.717) is 10.6 Å². The molecule has 5 heteroatoms. The van der Waals surface area contributed by atoms with Gasteiger partial charge < -0.3 is 9.84 Å². The fourth-order valence-electron chi connectivity index (χ4n) is 1.82. The Labute approximate surface area is 93.4 Å². The molecule has 1 amide bonds. The van der Waals surface area contributed by atoms with Crippen LogP contribution in [0.1, 0.15) is 19.4 Å². The van der Waals surface area contributed by atoms with Gasteiger partial charge in [-0.3, -0.25) is 0 Å². The van der Waals surface area contributed by atoms with Crippen LogP contribution in [0.25, 0.3) is 0 Å². The highest BCUT2D eigenvalue weighted by Crippen LogP contribution is 2.42. The quantitative estimate of drug-likeness (QED) is 0.547. The molecule has 2 atom stereocenters. The first-order valence-electron chi connectivity index (χ1n) is 4.95. The Hall–Kier alpha value is -1.59. The molecule has 1 saturated heterocycles. The summed E-state index contributed by atoms with van der Waals surface area (Å²) in [7, 11) is 0. The topological polar surface area (TPSA) is 75.8 Å². The molecule has 0 aliphatic carbocycles. The maximum atomic E-state index is 11.4. The van der Waals surface area contributed by atoms with Crippen LogP contribution < -0.4 is 5.84 Å². The fourth-order valence-corrected chi connectivity index (χ4v) is 1.82. The van der Waals surface area contributed by atoms with Crippen LogP contribution in [-0.4, -0.2) is 21.9 Å². The van der Waals surface area contributed by atoms with Gasteiger partial charge in [-0.05, 0) is 13.8 Å². The van der Waals surface area contributed by atoms with Gasteiger partial charge in [0.15, 0.2) is 11.3 Å². The van der Waals surface area contributed by atoms with Crippen LogP contribution >= 0.6 is 0 Å². The summed E-state index contributed by atoms with van der Waals surface area (Å²) >= 11 is 0. The van der Waals surface area contributed by atoms with E-state index < -0.39 is 17.4 Å². The van der Waals surface area contributed by atoms with Crippen LogP contribution in [0.2, 0.25) is 0 Å². The lowest BCUT2D eigenvalue weighted by molar-refractivity contribution is -0.141. The summed E-state index contributed by atoms with van der Waals surface area (Å²) in [6.45, 7) is 3.08. The minimum Gasteiger partial charge on any atom is -0.432 e. The third-order valence-electron chi connectivity index (χ3n) is 3.19. The van der Waals surface area contributed by atoms with Gasteiger partial charge in [0.05, 0.1) is 0 Å². The molecule has 2 rings (SSSR count). The molecule has 3 N–H and O–H groups in total. The molecule has 0 aromatic heterocycles. The first-order valence-corrected chi connectivity index (χ1v) is 4.95. The highest BCUT2D eigenvalue weighted by Gasteiger charge is 2.59. The van der Waals surface area contributed by atoms with Crippen molar-refractivity contribution in [1.29, 1.82) is 0 Å². The van der Waals surface area contributed by atoms with E-state index >= 15 is 0 Å². The van der Waals surface area contributed by atoms with E-state index in [0.717, 1.165) is 0 Å². The summed E-state index contributed by atoms with van der Waals surface area (Å²) < 4.78 is 5.17. The number of aliphatic hydroxyl groups is 1. The van der Waals surface area contributed by atoms with Crippen molar-refractivity contribution in [2.45, 2.75) is 25.2 Å². The van der Waals surface area contributed by atoms with Crippen LogP contribution in [0.15, 0.2) is 30.3 Å². The van der Waals surface area contributed by atoms with E-state index in [2.05, 4.69) is 0 Å². The minimum absolute atomic E-state index is 0.696. The molecule has 5 nitrogen and oxygen atoms in total. The molecule has 1 aliphatic heterocycles. The number of nitrogens with two attached hydrogens (primary N) is 1. The molecule has 86 valence electrons. The third kappa shape index (κ3) is 1.22. The third-order valence-corrected chi connectivity index (χ3v) is 3.19. The molecule has 0 radical (unpaired) electrons. The number of nitrogens with zero attached hydrogens (tertiary/aromatic N) is 1. The summed E-state index contributed by atoms with van der Waals surface area (Å²) in [5.74, 6) is 5.48. The predicted molar refractivity (Wildman–Crippen MR) is 56.9 cm³/mol. The van der Waals surface area contributed by atoms with Crippen molar-refractivity contribution in [2.75, 3.05) is 0 Å². The maximum absolute atomic E-state index is 11.4. The molecule has 0 spiro atoms. The molecule has 1 fully saturated rings. The van der Waals surface area contributed by atoms with Gasteiger partial charge in [-0.2, -0.15) is 0 Å². The second kappa shape index (κ2) is 3.20. The molecule has 16 heavy (non-hydrogen) atoms. The van der Waals surface area contributed by atoms with E-state index in [-0.39, 0.29) is 0 Å². The van der Waals surface area contributed by atoms with Gasteiger partial charge in [-0.15, -0.1) is 0 Å². The largest absolute Gasteiger partial charge is 0.432 e. The molecule has 1 heterocycles. The summed E-state index contributed by atoms with van der Waals surface area (Å²) in [5, 5.41) is 11.0. The molecule has 1 aromatic rings. The first kappa shape index (κ1) is 10.9. The van der Waals surface area contributed by atoms with Gasteiger partial charge in [-0.25, -0.2) is 15.6 Å². The molecule has 0 unspecified atom stereocenters. The molecule has 1 aromatic carbocycles. The van der Waals surface area contributed by atoms with E-state index in [1.165, 1.54) is 6.92 Å². The smallest absolute Gasteiger partial charge is 0.427 e. The number of cyclic esters (lactones) is 1. The zero-order valence-electron chi connectivity index (χ0n) is 9.18. The number of hydrogen-bond acceptors (Lipinski definition) is 4. The monoisotopic (exact) mass is 222 g/mol. The summed E-state index contributed by atoms with van der Waals surface area (Å²) in [6, 6.07) is 9.02. The van der Waals surface area contributed by atoms with Crippen LogP contribution in [0.3, 0.4) is 0 Å². The zero-order valence-corrected chi connectivity index (χ0v) is 9.18. The number of amides is 1. The Bertz CT molecular complexity index is 418. The van der Waals surface area contributed by atoms with Gasteiger partial charge in [0.2, 0.25) is 0 Å². The number of ether oxygens (including phenoxy) is 1. The van der Waals surface area contributed by atoms with Gasteiger partial charge in [0.1, 0.15) is 0 Å². The summed E-state index contributed by atoms with van der Waals surface area (Å²) in [4.78, 5) is 11.4. The minimum atomic E-state index is -1.58. The van der Waals surface area contributed by atoms with Crippen molar-refractivity contribution in [1.82, 2.24) is 5.01 Å². The second-order valence-corrected chi connectivity index (χ2v) is 4.16. The Morgan fingerprint density at radius 3 is 2.31 bits per heavy atom. The number of rotatable bonds is 1. The van der Waals surface area contributed by atoms with Crippen molar-refractivity contribution < 1.29 is 14.6 Å². The zero-order chi connectivity index (χ0) is 12.0. The number of carbonyl (C=O) groups is 1. The summed E-state index contributed by atoms with van der Waals surface area (Å²) in [6.07, 6.45) is -0.739. The molecular formula is C11H14N2O3. The van der Waals surface area contributed by atoms with Crippen molar-refractivity contribution >= 4 is 6.09 Å². The summed E-state index contributed by atoms with van der Waals surface area (Å²) in [5.41, 5.74) is -2.05. The maximum Gasteiger partial charge on any atom is 0.427 e. The van der Waals surface area contributed by atoms with E-state index in [9.17, 15) is 9.90 Å². The average molecular weight is 222 g/mol. The highest BCUT2D eigenvalue weighted by molar-refractivity contribution is 5.71. The van der Waals surface area contributed by atoms with Crippen molar-refractivity contribution in [2.24, 2.45) is 5.84 Å². The Morgan fingerprint density at radius 2 is 1.88 bits per heavy atom. The standard InChI is InChI=1S/C11H14N2O3/c1-10(8-6-4-3-5-7-8)11(2,15)13(12)9(14)16-10/h3-7,15H,12H2,1-2H3/t10-,11+/m1/s1. The van der Waals surface area contributed by atoms with Gasteiger partial charge >= 0.3 is 6.09 Å². The Morgan fingerprint density at radius 1 is 1.31 bits per heavy atom. The van der Waals surface area contributed by atoms with E-state index in [4.69, 9.17) is 10.6 Å². The Kier molecular flexibility index (Phi) is 2.18. The van der Waals surface area contributed by atoms with Gasteiger partial charge in [0.25, 0.3) is 0 Å². The number of benzene rings is 1. The van der Waals surface area contributed by atoms with Crippen molar-refractivity contribution in [3.05, 3.63) is 35.9 Å². The normalized spacial score (nSPS) is 34.0. The van der Waals surface area contributed by atoms with Crippen molar-refractivity contribution in [3.8, 4) is 0 Å². The van der Waals surface area contributed by atoms with Crippen LogP contribution in [0, 0.1) is 0 Å². The Balaban J connectivity index is 2.51. The van der Waals surface area contributed by atoms with E-state index in [1.807, 2.05) is 18.2 Å². The lowest BCUT2D eigenvalue weighted by Crippen LogP contribution is -2.56. The second-order valence-electron chi connectivity index (χ2n) is 4.16. The fraction of sp³-hybridized carbons (Fsp3) is 0.364. The van der Waals surface area contributed by atoms with Crippen LogP contribution in [0.5, 0.6) is 0 Å². The lowest BCUT2D eigenvalue weighted by atomic mass is 9.86.